The standard InChI is InChI=1S/C22H17BrN2O3/c1-13-3-5-14(6-4-13)22-25-18-11-17(7-8-19(18)28-22)24-12-15-9-16(23)10-20(27-2)21(15)26/h3-12,26H,1-2H3. The predicted molar refractivity (Wildman–Crippen MR) is 114 cm³/mol. The first-order chi connectivity index (χ1) is 13.5. The topological polar surface area (TPSA) is 67.9 Å². The number of halogens is 1. The van der Waals surface area contributed by atoms with E-state index in [2.05, 4.69) is 25.9 Å². The van der Waals surface area contributed by atoms with E-state index in [0.717, 1.165) is 15.6 Å². The SMILES string of the molecule is COc1cc(Br)cc(C=Nc2ccc3oc(-c4ccc(C)cc4)nc3c2)c1O. The number of aliphatic imine (C=N–C) groups is 1. The van der Waals surface area contributed by atoms with Gasteiger partial charge in [0.1, 0.15) is 5.52 Å². The Hall–Kier alpha value is -3.12. The van der Waals surface area contributed by atoms with Gasteiger partial charge in [-0.05, 0) is 49.4 Å². The second-order valence-electron chi connectivity index (χ2n) is 6.34. The predicted octanol–water partition coefficient (Wildman–Crippen LogP) is 6.03. The summed E-state index contributed by atoms with van der Waals surface area (Å²) in [6, 6.07) is 17.0. The number of phenolic OH excluding ortho intramolecular Hbond substituents is 1. The number of nitrogens with zero attached hydrogens (tertiary/aromatic N) is 2. The molecule has 140 valence electrons. The van der Waals surface area contributed by atoms with Crippen LogP contribution in [0.3, 0.4) is 0 Å². The molecule has 1 aromatic heterocycles. The summed E-state index contributed by atoms with van der Waals surface area (Å²) in [5, 5.41) is 10.2. The van der Waals surface area contributed by atoms with Crippen molar-refractivity contribution in [3.8, 4) is 23.0 Å². The Morgan fingerprint density at radius 1 is 1.11 bits per heavy atom. The van der Waals surface area contributed by atoms with Gasteiger partial charge in [-0.15, -0.1) is 0 Å². The highest BCUT2D eigenvalue weighted by atomic mass is 79.9. The lowest BCUT2D eigenvalue weighted by molar-refractivity contribution is 0.373. The van der Waals surface area contributed by atoms with Gasteiger partial charge in [-0.3, -0.25) is 4.99 Å². The number of methoxy groups -OCH3 is 1. The minimum absolute atomic E-state index is 0.0404. The third-order valence-corrected chi connectivity index (χ3v) is 4.77. The minimum atomic E-state index is 0.0404. The summed E-state index contributed by atoms with van der Waals surface area (Å²) in [7, 11) is 1.51. The molecule has 0 spiro atoms. The van der Waals surface area contributed by atoms with Gasteiger partial charge in [0.05, 0.1) is 12.8 Å². The van der Waals surface area contributed by atoms with Gasteiger partial charge in [-0.2, -0.15) is 0 Å². The van der Waals surface area contributed by atoms with Crippen molar-refractivity contribution in [2.75, 3.05) is 7.11 Å². The van der Waals surface area contributed by atoms with Crippen molar-refractivity contribution in [3.63, 3.8) is 0 Å². The first-order valence-electron chi connectivity index (χ1n) is 8.62. The van der Waals surface area contributed by atoms with Gasteiger partial charge in [0, 0.05) is 21.8 Å². The third kappa shape index (κ3) is 3.64. The van der Waals surface area contributed by atoms with Gasteiger partial charge < -0.3 is 14.3 Å². The molecule has 6 heteroatoms. The van der Waals surface area contributed by atoms with E-state index in [4.69, 9.17) is 9.15 Å². The average molecular weight is 437 g/mol. The number of oxazole rings is 1. The van der Waals surface area contributed by atoms with Crippen LogP contribution >= 0.6 is 15.9 Å². The number of aromatic nitrogens is 1. The molecule has 0 saturated heterocycles. The molecule has 0 aliphatic carbocycles. The zero-order chi connectivity index (χ0) is 19.7. The lowest BCUT2D eigenvalue weighted by Crippen LogP contribution is -1.89. The summed E-state index contributed by atoms with van der Waals surface area (Å²) in [5.74, 6) is 0.995. The van der Waals surface area contributed by atoms with Crippen LogP contribution in [0.1, 0.15) is 11.1 Å². The van der Waals surface area contributed by atoms with Crippen molar-refractivity contribution >= 4 is 38.9 Å². The summed E-state index contributed by atoms with van der Waals surface area (Å²) in [6.07, 6.45) is 1.59. The van der Waals surface area contributed by atoms with E-state index >= 15 is 0 Å². The van der Waals surface area contributed by atoms with Crippen molar-refractivity contribution in [3.05, 3.63) is 70.2 Å². The number of hydrogen-bond acceptors (Lipinski definition) is 5. The lowest BCUT2D eigenvalue weighted by atomic mass is 10.1. The number of rotatable bonds is 4. The van der Waals surface area contributed by atoms with E-state index in [-0.39, 0.29) is 5.75 Å². The number of benzene rings is 3. The molecule has 4 aromatic rings. The summed E-state index contributed by atoms with van der Waals surface area (Å²) in [6.45, 7) is 2.04. The highest BCUT2D eigenvalue weighted by Crippen LogP contribution is 2.33. The number of phenols is 1. The normalized spacial score (nSPS) is 11.4. The first-order valence-corrected chi connectivity index (χ1v) is 9.41. The molecule has 3 aromatic carbocycles. The second-order valence-corrected chi connectivity index (χ2v) is 7.26. The van der Waals surface area contributed by atoms with Crippen molar-refractivity contribution < 1.29 is 14.3 Å². The molecular formula is C22H17BrN2O3. The molecule has 1 N–H and O–H groups in total. The van der Waals surface area contributed by atoms with Crippen molar-refractivity contribution in [1.29, 1.82) is 0 Å². The molecule has 28 heavy (non-hydrogen) atoms. The van der Waals surface area contributed by atoms with Gasteiger partial charge in [0.2, 0.25) is 5.89 Å². The van der Waals surface area contributed by atoms with Crippen LogP contribution in [-0.4, -0.2) is 23.4 Å². The second kappa shape index (κ2) is 7.48. The Balaban J connectivity index is 1.66. The van der Waals surface area contributed by atoms with Crippen LogP contribution in [0.5, 0.6) is 11.5 Å². The fourth-order valence-electron chi connectivity index (χ4n) is 2.81. The van der Waals surface area contributed by atoms with E-state index in [1.807, 2.05) is 49.4 Å². The highest BCUT2D eigenvalue weighted by molar-refractivity contribution is 9.10. The summed E-state index contributed by atoms with van der Waals surface area (Å²) in [5.41, 5.74) is 4.78. The van der Waals surface area contributed by atoms with Gasteiger partial charge in [-0.1, -0.05) is 33.6 Å². The van der Waals surface area contributed by atoms with Crippen molar-refractivity contribution in [2.45, 2.75) is 6.92 Å². The number of aryl methyl sites for hydroxylation is 1. The molecule has 0 aliphatic rings. The number of hydrogen-bond donors (Lipinski definition) is 1. The molecule has 1 heterocycles. The largest absolute Gasteiger partial charge is 0.504 e. The monoisotopic (exact) mass is 436 g/mol. The third-order valence-electron chi connectivity index (χ3n) is 4.31. The number of fused-ring (bicyclic) bond motifs is 1. The van der Waals surface area contributed by atoms with Crippen molar-refractivity contribution in [1.82, 2.24) is 4.98 Å². The summed E-state index contributed by atoms with van der Waals surface area (Å²) in [4.78, 5) is 9.02. The maximum absolute atomic E-state index is 10.2. The number of ether oxygens (including phenoxy) is 1. The van der Waals surface area contributed by atoms with Crippen LogP contribution in [0.4, 0.5) is 5.69 Å². The van der Waals surface area contributed by atoms with E-state index in [9.17, 15) is 5.11 Å². The minimum Gasteiger partial charge on any atom is -0.504 e. The molecule has 0 unspecified atom stereocenters. The quantitative estimate of drug-likeness (QED) is 0.396. The molecule has 0 amide bonds. The Morgan fingerprint density at radius 2 is 1.89 bits per heavy atom. The van der Waals surface area contributed by atoms with Crippen LogP contribution in [0.15, 0.2) is 68.5 Å². The Morgan fingerprint density at radius 3 is 2.64 bits per heavy atom. The molecule has 0 atom stereocenters. The molecule has 5 nitrogen and oxygen atoms in total. The Labute approximate surface area is 170 Å². The van der Waals surface area contributed by atoms with Gasteiger partial charge in [0.15, 0.2) is 17.1 Å². The molecule has 4 rings (SSSR count). The van der Waals surface area contributed by atoms with E-state index in [0.29, 0.717) is 28.5 Å². The molecule has 0 radical (unpaired) electrons. The van der Waals surface area contributed by atoms with E-state index < -0.39 is 0 Å². The molecule has 0 aliphatic heterocycles. The fraction of sp³-hybridized carbons (Fsp3) is 0.0909. The Bertz CT molecular complexity index is 1180. The van der Waals surface area contributed by atoms with Crippen LogP contribution in [-0.2, 0) is 0 Å². The number of aromatic hydroxyl groups is 1. The molecule has 0 fully saturated rings. The first kappa shape index (κ1) is 18.3. The molecule has 0 saturated carbocycles. The average Bonchev–Trinajstić information content (AvgIpc) is 3.12. The lowest BCUT2D eigenvalue weighted by Gasteiger charge is -2.06. The van der Waals surface area contributed by atoms with Crippen LogP contribution in [0.25, 0.3) is 22.6 Å². The zero-order valence-corrected chi connectivity index (χ0v) is 16.9. The fourth-order valence-corrected chi connectivity index (χ4v) is 3.26. The summed E-state index contributed by atoms with van der Waals surface area (Å²) < 4.78 is 11.8. The van der Waals surface area contributed by atoms with Gasteiger partial charge in [-0.25, -0.2) is 4.98 Å². The zero-order valence-electron chi connectivity index (χ0n) is 15.3. The van der Waals surface area contributed by atoms with Gasteiger partial charge in [0.25, 0.3) is 0 Å². The van der Waals surface area contributed by atoms with Crippen LogP contribution < -0.4 is 4.74 Å². The maximum atomic E-state index is 10.2. The van der Waals surface area contributed by atoms with Gasteiger partial charge >= 0.3 is 0 Å². The van der Waals surface area contributed by atoms with Crippen LogP contribution in [0, 0.1) is 6.92 Å². The highest BCUT2D eigenvalue weighted by Gasteiger charge is 2.10. The van der Waals surface area contributed by atoms with Crippen molar-refractivity contribution in [2.24, 2.45) is 4.99 Å². The van der Waals surface area contributed by atoms with E-state index in [1.165, 1.54) is 12.7 Å². The summed E-state index contributed by atoms with van der Waals surface area (Å²) >= 11 is 3.40. The van der Waals surface area contributed by atoms with E-state index in [1.54, 1.807) is 18.3 Å². The molecule has 0 bridgehead atoms. The Kier molecular flexibility index (Phi) is 4.88. The molecular weight excluding hydrogens is 420 g/mol. The smallest absolute Gasteiger partial charge is 0.227 e. The maximum Gasteiger partial charge on any atom is 0.227 e. The van der Waals surface area contributed by atoms with Crippen LogP contribution in [0.2, 0.25) is 0 Å².